The van der Waals surface area contributed by atoms with Gasteiger partial charge in [0.05, 0.1) is 6.61 Å². The molecule has 0 unspecified atom stereocenters. The summed E-state index contributed by atoms with van der Waals surface area (Å²) in [5.41, 5.74) is 1.89. The fraction of sp³-hybridized carbons (Fsp3) is 0.250. The molecule has 11 heavy (non-hydrogen) atoms. The van der Waals surface area contributed by atoms with Crippen LogP contribution in [-0.4, -0.2) is 5.11 Å². The second-order valence-corrected chi connectivity index (χ2v) is 3.24. The van der Waals surface area contributed by atoms with E-state index in [4.69, 9.17) is 16.7 Å². The van der Waals surface area contributed by atoms with Gasteiger partial charge in [-0.3, -0.25) is 0 Å². The molecule has 0 radical (unpaired) electrons. The Kier molecular flexibility index (Phi) is 3.37. The Morgan fingerprint density at radius 2 is 2.00 bits per heavy atom. The smallest absolute Gasteiger partial charge is 0.0692 e. The minimum Gasteiger partial charge on any atom is -0.392 e. The molecule has 0 saturated heterocycles. The maximum absolute atomic E-state index is 8.87. The molecule has 1 aromatic rings. The van der Waals surface area contributed by atoms with Crippen molar-refractivity contribution in [3.8, 4) is 0 Å². The lowest BCUT2D eigenvalue weighted by atomic mass is 10.1. The molecule has 60 valence electrons. The predicted octanol–water partition coefficient (Wildman–Crippen LogP) is 2.68. The highest BCUT2D eigenvalue weighted by molar-refractivity contribution is 9.10. The van der Waals surface area contributed by atoms with Crippen LogP contribution >= 0.6 is 27.5 Å². The number of aliphatic hydroxyl groups excluding tert-OH is 1. The topological polar surface area (TPSA) is 20.2 Å². The molecule has 0 aliphatic rings. The molecule has 0 heterocycles. The first-order valence-corrected chi connectivity index (χ1v) is 4.55. The second kappa shape index (κ2) is 4.10. The first-order valence-electron chi connectivity index (χ1n) is 3.22. The van der Waals surface area contributed by atoms with Crippen LogP contribution in [0.2, 0.25) is 0 Å². The standard InChI is InChI=1S/C8H8BrClO/c9-8-6(4-10)2-1-3-7(8)5-11/h1-3,11H,4-5H2. The highest BCUT2D eigenvalue weighted by Crippen LogP contribution is 2.22. The van der Waals surface area contributed by atoms with Gasteiger partial charge in [0, 0.05) is 10.4 Å². The number of halogens is 2. The van der Waals surface area contributed by atoms with Crippen molar-refractivity contribution in [1.82, 2.24) is 0 Å². The van der Waals surface area contributed by atoms with Gasteiger partial charge in [-0.25, -0.2) is 0 Å². The minimum atomic E-state index is 0.0469. The lowest BCUT2D eigenvalue weighted by Crippen LogP contribution is -1.88. The predicted molar refractivity (Wildman–Crippen MR) is 49.6 cm³/mol. The fourth-order valence-electron chi connectivity index (χ4n) is 0.858. The number of benzene rings is 1. The normalized spacial score (nSPS) is 10.1. The molecule has 1 nitrogen and oxygen atoms in total. The number of alkyl halides is 1. The maximum atomic E-state index is 8.87. The zero-order valence-electron chi connectivity index (χ0n) is 5.85. The van der Waals surface area contributed by atoms with E-state index in [1.807, 2.05) is 18.2 Å². The van der Waals surface area contributed by atoms with Crippen LogP contribution in [0.1, 0.15) is 11.1 Å². The maximum Gasteiger partial charge on any atom is 0.0692 e. The molecule has 3 heteroatoms. The van der Waals surface area contributed by atoms with Crippen molar-refractivity contribution >= 4 is 27.5 Å². The number of hydrogen-bond acceptors (Lipinski definition) is 1. The third kappa shape index (κ3) is 1.95. The van der Waals surface area contributed by atoms with Crippen LogP contribution in [0.5, 0.6) is 0 Å². The highest BCUT2D eigenvalue weighted by atomic mass is 79.9. The monoisotopic (exact) mass is 234 g/mol. The number of aliphatic hydroxyl groups is 1. The van der Waals surface area contributed by atoms with E-state index in [9.17, 15) is 0 Å². The first-order chi connectivity index (χ1) is 5.29. The van der Waals surface area contributed by atoms with E-state index in [1.54, 1.807) is 0 Å². The largest absolute Gasteiger partial charge is 0.392 e. The van der Waals surface area contributed by atoms with Crippen molar-refractivity contribution in [2.45, 2.75) is 12.5 Å². The molecule has 0 fully saturated rings. The summed E-state index contributed by atoms with van der Waals surface area (Å²) in [6.45, 7) is 0.0469. The highest BCUT2D eigenvalue weighted by Gasteiger charge is 2.02. The van der Waals surface area contributed by atoms with Gasteiger partial charge in [0.1, 0.15) is 0 Å². The summed E-state index contributed by atoms with van der Waals surface area (Å²) in [5, 5.41) is 8.87. The Labute approximate surface area is 79.1 Å². The lowest BCUT2D eigenvalue weighted by Gasteiger charge is -2.03. The van der Waals surface area contributed by atoms with Crippen LogP contribution < -0.4 is 0 Å². The van der Waals surface area contributed by atoms with E-state index < -0.39 is 0 Å². The van der Waals surface area contributed by atoms with Crippen molar-refractivity contribution < 1.29 is 5.11 Å². The molecule has 1 N–H and O–H groups in total. The van der Waals surface area contributed by atoms with Crippen molar-refractivity contribution in [3.05, 3.63) is 33.8 Å². The zero-order valence-corrected chi connectivity index (χ0v) is 8.19. The van der Waals surface area contributed by atoms with Crippen LogP contribution in [0.25, 0.3) is 0 Å². The van der Waals surface area contributed by atoms with Crippen molar-refractivity contribution in [2.75, 3.05) is 0 Å². The Bertz CT molecular complexity index is 228. The summed E-state index contributed by atoms with van der Waals surface area (Å²) < 4.78 is 0.914. The molecule has 0 aliphatic carbocycles. The molecule has 0 saturated carbocycles. The molecule has 0 atom stereocenters. The van der Waals surface area contributed by atoms with E-state index >= 15 is 0 Å². The van der Waals surface area contributed by atoms with E-state index in [-0.39, 0.29) is 6.61 Å². The van der Waals surface area contributed by atoms with E-state index in [0.29, 0.717) is 5.88 Å². The molecular formula is C8H8BrClO. The van der Waals surface area contributed by atoms with Crippen molar-refractivity contribution in [1.29, 1.82) is 0 Å². The van der Waals surface area contributed by atoms with E-state index in [2.05, 4.69) is 15.9 Å². The van der Waals surface area contributed by atoms with E-state index in [0.717, 1.165) is 15.6 Å². The van der Waals surface area contributed by atoms with Gasteiger partial charge >= 0.3 is 0 Å². The average Bonchev–Trinajstić information content (AvgIpc) is 2.05. The van der Waals surface area contributed by atoms with Gasteiger partial charge in [-0.1, -0.05) is 34.1 Å². The van der Waals surface area contributed by atoms with Crippen LogP contribution in [0.3, 0.4) is 0 Å². The van der Waals surface area contributed by atoms with Gasteiger partial charge in [-0.05, 0) is 11.1 Å². The summed E-state index contributed by atoms with van der Waals surface area (Å²) in [4.78, 5) is 0. The molecule has 0 amide bonds. The molecule has 1 aromatic carbocycles. The Morgan fingerprint density at radius 1 is 1.36 bits per heavy atom. The van der Waals surface area contributed by atoms with Crippen LogP contribution in [0.15, 0.2) is 22.7 Å². The Morgan fingerprint density at radius 3 is 2.55 bits per heavy atom. The lowest BCUT2D eigenvalue weighted by molar-refractivity contribution is 0.281. The van der Waals surface area contributed by atoms with E-state index in [1.165, 1.54) is 0 Å². The zero-order chi connectivity index (χ0) is 8.27. The van der Waals surface area contributed by atoms with Gasteiger partial charge in [0.2, 0.25) is 0 Å². The summed E-state index contributed by atoms with van der Waals surface area (Å²) in [5.74, 6) is 0.467. The fourth-order valence-corrected chi connectivity index (χ4v) is 1.77. The first kappa shape index (κ1) is 9.04. The summed E-state index contributed by atoms with van der Waals surface area (Å²) >= 11 is 9.01. The molecular weight excluding hydrogens is 227 g/mol. The third-order valence-corrected chi connectivity index (χ3v) is 2.78. The molecule has 0 aliphatic heterocycles. The van der Waals surface area contributed by atoms with Crippen molar-refractivity contribution in [2.24, 2.45) is 0 Å². The van der Waals surface area contributed by atoms with Gasteiger partial charge in [0.25, 0.3) is 0 Å². The molecule has 1 rings (SSSR count). The third-order valence-electron chi connectivity index (χ3n) is 1.47. The van der Waals surface area contributed by atoms with Crippen LogP contribution in [-0.2, 0) is 12.5 Å². The quantitative estimate of drug-likeness (QED) is 0.782. The summed E-state index contributed by atoms with van der Waals surface area (Å²) in [6, 6.07) is 5.67. The summed E-state index contributed by atoms with van der Waals surface area (Å²) in [7, 11) is 0. The molecule has 0 aromatic heterocycles. The second-order valence-electron chi connectivity index (χ2n) is 2.18. The van der Waals surface area contributed by atoms with Crippen molar-refractivity contribution in [3.63, 3.8) is 0 Å². The van der Waals surface area contributed by atoms with Crippen LogP contribution in [0, 0.1) is 0 Å². The van der Waals surface area contributed by atoms with Gasteiger partial charge in [-0.15, -0.1) is 11.6 Å². The number of hydrogen-bond donors (Lipinski definition) is 1. The minimum absolute atomic E-state index is 0.0469. The Hall–Kier alpha value is -0.0500. The van der Waals surface area contributed by atoms with Crippen LogP contribution in [0.4, 0.5) is 0 Å². The SMILES string of the molecule is OCc1cccc(CCl)c1Br. The summed E-state index contributed by atoms with van der Waals surface area (Å²) in [6.07, 6.45) is 0. The molecule has 0 spiro atoms. The average molecular weight is 236 g/mol. The van der Waals surface area contributed by atoms with Gasteiger partial charge in [-0.2, -0.15) is 0 Å². The molecule has 0 bridgehead atoms. The van der Waals surface area contributed by atoms with Gasteiger partial charge in [0.15, 0.2) is 0 Å². The van der Waals surface area contributed by atoms with Gasteiger partial charge < -0.3 is 5.11 Å². The number of rotatable bonds is 2. The Balaban J connectivity index is 3.10.